The molecule has 2 aromatic rings. The van der Waals surface area contributed by atoms with E-state index in [0.29, 0.717) is 5.92 Å². The maximum absolute atomic E-state index is 4.66. The van der Waals surface area contributed by atoms with Crippen molar-refractivity contribution in [1.29, 1.82) is 0 Å². The van der Waals surface area contributed by atoms with Gasteiger partial charge >= 0.3 is 0 Å². The maximum Gasteiger partial charge on any atom is 0.224 e. The number of aromatic nitrogens is 3. The average molecular weight is 325 g/mol. The zero-order chi connectivity index (χ0) is 16.9. The van der Waals surface area contributed by atoms with Gasteiger partial charge in [0.2, 0.25) is 5.95 Å². The van der Waals surface area contributed by atoms with Crippen LogP contribution in [0.4, 0.5) is 5.95 Å². The lowest BCUT2D eigenvalue weighted by Gasteiger charge is -2.32. The van der Waals surface area contributed by atoms with Crippen molar-refractivity contribution in [3.8, 4) is 0 Å². The molecule has 0 radical (unpaired) electrons. The number of hydrogen-bond donors (Lipinski definition) is 0. The van der Waals surface area contributed by atoms with Gasteiger partial charge in [0, 0.05) is 56.5 Å². The van der Waals surface area contributed by atoms with E-state index in [1.807, 2.05) is 31.4 Å². The summed E-state index contributed by atoms with van der Waals surface area (Å²) >= 11 is 0. The predicted octanol–water partition coefficient (Wildman–Crippen LogP) is 2.70. The van der Waals surface area contributed by atoms with Gasteiger partial charge in [0.25, 0.3) is 0 Å². The first-order valence-corrected chi connectivity index (χ1v) is 8.73. The van der Waals surface area contributed by atoms with E-state index in [1.165, 1.54) is 24.1 Å². The molecule has 0 spiro atoms. The smallest absolute Gasteiger partial charge is 0.224 e. The Morgan fingerprint density at radius 3 is 2.71 bits per heavy atom. The van der Waals surface area contributed by atoms with Crippen LogP contribution in [0.3, 0.4) is 0 Å². The fourth-order valence-electron chi connectivity index (χ4n) is 3.39. The highest BCUT2D eigenvalue weighted by Gasteiger charge is 2.21. The number of pyridine rings is 1. The van der Waals surface area contributed by atoms with Crippen molar-refractivity contribution in [2.75, 3.05) is 32.1 Å². The summed E-state index contributed by atoms with van der Waals surface area (Å²) in [6, 6.07) is 6.33. The summed E-state index contributed by atoms with van der Waals surface area (Å²) in [5.74, 6) is 1.45. The number of anilines is 1. The first-order chi connectivity index (χ1) is 11.6. The molecule has 0 bridgehead atoms. The molecule has 3 rings (SSSR count). The van der Waals surface area contributed by atoms with Crippen LogP contribution in [0, 0.1) is 12.8 Å². The number of aryl methyl sites for hydroxylation is 1. The van der Waals surface area contributed by atoms with Gasteiger partial charge in [-0.25, -0.2) is 9.97 Å². The number of piperidine rings is 1. The molecule has 0 N–H and O–H groups in total. The minimum Gasteiger partial charge on any atom is -0.347 e. The number of rotatable bonds is 5. The third-order valence-electron chi connectivity index (χ3n) is 4.54. The summed E-state index contributed by atoms with van der Waals surface area (Å²) in [6.07, 6.45) is 7.53. The zero-order valence-corrected chi connectivity index (χ0v) is 14.9. The Kier molecular flexibility index (Phi) is 5.41. The SMILES string of the molecule is Cc1cccc(C[C@H]2CCCN(Cc3cnc(N(C)C)nc3)C2)n1. The highest BCUT2D eigenvalue weighted by atomic mass is 15.2. The molecule has 5 nitrogen and oxygen atoms in total. The van der Waals surface area contributed by atoms with Crippen molar-refractivity contribution in [1.82, 2.24) is 19.9 Å². The van der Waals surface area contributed by atoms with Crippen LogP contribution in [0.25, 0.3) is 0 Å². The second-order valence-corrected chi connectivity index (χ2v) is 7.00. The predicted molar refractivity (Wildman–Crippen MR) is 97.0 cm³/mol. The Hall–Kier alpha value is -2.01. The van der Waals surface area contributed by atoms with Crippen molar-refractivity contribution >= 4 is 5.95 Å². The monoisotopic (exact) mass is 325 g/mol. The van der Waals surface area contributed by atoms with Gasteiger partial charge in [-0.15, -0.1) is 0 Å². The molecule has 1 atom stereocenters. The molecular weight excluding hydrogens is 298 g/mol. The molecule has 1 aliphatic heterocycles. The van der Waals surface area contributed by atoms with E-state index in [0.717, 1.165) is 37.7 Å². The van der Waals surface area contributed by atoms with Gasteiger partial charge in [-0.3, -0.25) is 9.88 Å². The summed E-state index contributed by atoms with van der Waals surface area (Å²) in [5.41, 5.74) is 3.52. The number of hydrogen-bond acceptors (Lipinski definition) is 5. The third kappa shape index (κ3) is 4.51. The number of likely N-dealkylation sites (tertiary alicyclic amines) is 1. The molecule has 0 amide bonds. The molecule has 2 aromatic heterocycles. The number of nitrogens with zero attached hydrogens (tertiary/aromatic N) is 5. The van der Waals surface area contributed by atoms with Crippen molar-refractivity contribution in [3.05, 3.63) is 47.5 Å². The van der Waals surface area contributed by atoms with Gasteiger partial charge < -0.3 is 4.90 Å². The second kappa shape index (κ2) is 7.71. The highest BCUT2D eigenvalue weighted by Crippen LogP contribution is 2.21. The van der Waals surface area contributed by atoms with E-state index in [1.54, 1.807) is 0 Å². The van der Waals surface area contributed by atoms with Crippen LogP contribution in [0.5, 0.6) is 0 Å². The van der Waals surface area contributed by atoms with Gasteiger partial charge in [0.15, 0.2) is 0 Å². The van der Waals surface area contributed by atoms with Crippen molar-refractivity contribution < 1.29 is 0 Å². The maximum atomic E-state index is 4.66. The summed E-state index contributed by atoms with van der Waals surface area (Å²) in [6.45, 7) is 5.29. The normalized spacial score (nSPS) is 18.5. The zero-order valence-electron chi connectivity index (χ0n) is 14.9. The van der Waals surface area contributed by atoms with Crippen molar-refractivity contribution in [3.63, 3.8) is 0 Å². The summed E-state index contributed by atoms with van der Waals surface area (Å²) in [7, 11) is 3.92. The standard InChI is InChI=1S/C19H27N5/c1-15-6-4-8-18(22-15)10-16-7-5-9-24(13-16)14-17-11-20-19(21-12-17)23(2)3/h4,6,8,11-12,16H,5,7,9-10,13-14H2,1-3H3/t16-/m1/s1. The summed E-state index contributed by atoms with van der Waals surface area (Å²) in [5, 5.41) is 0. The molecule has 24 heavy (non-hydrogen) atoms. The molecule has 1 fully saturated rings. The minimum atomic E-state index is 0.690. The lowest BCUT2D eigenvalue weighted by molar-refractivity contribution is 0.166. The average Bonchev–Trinajstić information content (AvgIpc) is 2.56. The van der Waals surface area contributed by atoms with Crippen LogP contribution in [-0.4, -0.2) is 47.0 Å². The van der Waals surface area contributed by atoms with Crippen LogP contribution in [0.1, 0.15) is 29.8 Å². The molecule has 0 unspecified atom stereocenters. The summed E-state index contributed by atoms with van der Waals surface area (Å²) < 4.78 is 0. The Balaban J connectivity index is 1.57. The van der Waals surface area contributed by atoms with Crippen molar-refractivity contribution in [2.45, 2.75) is 32.7 Å². The summed E-state index contributed by atoms with van der Waals surface area (Å²) in [4.78, 5) is 17.9. The van der Waals surface area contributed by atoms with Gasteiger partial charge in [-0.2, -0.15) is 0 Å². The minimum absolute atomic E-state index is 0.690. The Bertz CT molecular complexity index is 653. The fourth-order valence-corrected chi connectivity index (χ4v) is 3.39. The Labute approximate surface area is 144 Å². The largest absolute Gasteiger partial charge is 0.347 e. The highest BCUT2D eigenvalue weighted by molar-refractivity contribution is 5.26. The van der Waals surface area contributed by atoms with Gasteiger partial charge in [-0.05, 0) is 50.8 Å². The van der Waals surface area contributed by atoms with Crippen molar-refractivity contribution in [2.24, 2.45) is 5.92 Å². The van der Waals surface area contributed by atoms with E-state index >= 15 is 0 Å². The van der Waals surface area contributed by atoms with Crippen LogP contribution in [0.2, 0.25) is 0 Å². The molecular formula is C19H27N5. The molecule has 0 saturated carbocycles. The molecule has 5 heteroatoms. The van der Waals surface area contributed by atoms with Gasteiger partial charge in [0.1, 0.15) is 0 Å². The third-order valence-corrected chi connectivity index (χ3v) is 4.54. The molecule has 128 valence electrons. The quantitative estimate of drug-likeness (QED) is 0.846. The van der Waals surface area contributed by atoms with Gasteiger partial charge in [0.05, 0.1) is 0 Å². The van der Waals surface area contributed by atoms with Gasteiger partial charge in [-0.1, -0.05) is 6.07 Å². The molecule has 0 aliphatic carbocycles. The first kappa shape index (κ1) is 16.8. The molecule has 3 heterocycles. The van der Waals surface area contributed by atoms with Crippen LogP contribution in [0.15, 0.2) is 30.6 Å². The van der Waals surface area contributed by atoms with Crippen LogP contribution < -0.4 is 4.90 Å². The lowest BCUT2D eigenvalue weighted by Crippen LogP contribution is -2.36. The van der Waals surface area contributed by atoms with E-state index in [-0.39, 0.29) is 0 Å². The Morgan fingerprint density at radius 2 is 2.00 bits per heavy atom. The lowest BCUT2D eigenvalue weighted by atomic mass is 9.93. The van der Waals surface area contributed by atoms with E-state index in [2.05, 4.69) is 45.0 Å². The first-order valence-electron chi connectivity index (χ1n) is 8.73. The second-order valence-electron chi connectivity index (χ2n) is 7.00. The molecule has 1 aliphatic rings. The van der Waals surface area contributed by atoms with Crippen LogP contribution in [-0.2, 0) is 13.0 Å². The van der Waals surface area contributed by atoms with E-state index in [9.17, 15) is 0 Å². The Morgan fingerprint density at radius 1 is 1.21 bits per heavy atom. The molecule has 0 aromatic carbocycles. The molecule has 1 saturated heterocycles. The fraction of sp³-hybridized carbons (Fsp3) is 0.526. The topological polar surface area (TPSA) is 45.2 Å². The van der Waals surface area contributed by atoms with E-state index < -0.39 is 0 Å². The van der Waals surface area contributed by atoms with E-state index in [4.69, 9.17) is 0 Å². The van der Waals surface area contributed by atoms with Crippen LogP contribution >= 0.6 is 0 Å².